The number of nitro groups is 1. The van der Waals surface area contributed by atoms with Crippen molar-refractivity contribution in [2.75, 3.05) is 44.2 Å². The lowest BCUT2D eigenvalue weighted by Crippen LogP contribution is -2.49. The van der Waals surface area contributed by atoms with Crippen molar-refractivity contribution in [1.29, 1.82) is 0 Å². The number of nitrogens with zero attached hydrogens (tertiary/aromatic N) is 4. The molecular weight excluding hydrogens is 444 g/mol. The Labute approximate surface area is 193 Å². The summed E-state index contributed by atoms with van der Waals surface area (Å²) < 4.78 is 27.7. The maximum Gasteiger partial charge on any atom is 0.292 e. The second-order valence-corrected chi connectivity index (χ2v) is 10.4. The monoisotopic (exact) mass is 472 g/mol. The molecule has 0 radical (unpaired) electrons. The van der Waals surface area contributed by atoms with Gasteiger partial charge in [-0.2, -0.15) is 4.31 Å². The van der Waals surface area contributed by atoms with E-state index < -0.39 is 14.9 Å². The van der Waals surface area contributed by atoms with E-state index in [0.717, 1.165) is 24.8 Å². The number of nitro benzene ring substituents is 1. The highest BCUT2D eigenvalue weighted by Crippen LogP contribution is 2.29. The molecule has 9 nitrogen and oxygen atoms in total. The van der Waals surface area contributed by atoms with Gasteiger partial charge in [0.2, 0.25) is 10.0 Å². The molecule has 0 atom stereocenters. The van der Waals surface area contributed by atoms with E-state index in [4.69, 9.17) is 0 Å². The third-order valence-electron chi connectivity index (χ3n) is 6.38. The molecule has 2 fully saturated rings. The molecule has 2 heterocycles. The van der Waals surface area contributed by atoms with Gasteiger partial charge in [0, 0.05) is 50.9 Å². The molecule has 2 aliphatic heterocycles. The second kappa shape index (κ2) is 9.48. The van der Waals surface area contributed by atoms with Crippen LogP contribution in [0.25, 0.3) is 0 Å². The maximum atomic E-state index is 13.3. The smallest absolute Gasteiger partial charge is 0.292 e. The fourth-order valence-electron chi connectivity index (χ4n) is 4.45. The van der Waals surface area contributed by atoms with Crippen molar-refractivity contribution in [3.05, 3.63) is 63.7 Å². The van der Waals surface area contributed by atoms with Gasteiger partial charge >= 0.3 is 0 Å². The molecule has 1 amide bonds. The molecule has 0 aliphatic carbocycles. The van der Waals surface area contributed by atoms with Crippen molar-refractivity contribution in [3.63, 3.8) is 0 Å². The van der Waals surface area contributed by atoms with E-state index in [1.165, 1.54) is 16.4 Å². The van der Waals surface area contributed by atoms with E-state index in [1.807, 2.05) is 4.90 Å². The van der Waals surface area contributed by atoms with Crippen LogP contribution in [-0.4, -0.2) is 67.7 Å². The quantitative estimate of drug-likeness (QED) is 0.489. The number of carbonyl (C=O) groups is 1. The third kappa shape index (κ3) is 4.72. The molecular formula is C23H28N4O5S. The molecule has 33 heavy (non-hydrogen) atoms. The zero-order valence-electron chi connectivity index (χ0n) is 18.6. The first kappa shape index (κ1) is 23.2. The highest BCUT2D eigenvalue weighted by molar-refractivity contribution is 7.89. The summed E-state index contributed by atoms with van der Waals surface area (Å²) in [5.74, 6) is -0.217. The topological polar surface area (TPSA) is 104 Å². The minimum atomic E-state index is -3.63. The van der Waals surface area contributed by atoms with Crippen molar-refractivity contribution >= 4 is 27.3 Å². The van der Waals surface area contributed by atoms with Crippen LogP contribution < -0.4 is 4.90 Å². The van der Waals surface area contributed by atoms with Crippen molar-refractivity contribution < 1.29 is 18.1 Å². The largest absolute Gasteiger partial charge is 0.362 e. The Hall–Kier alpha value is -2.98. The zero-order valence-corrected chi connectivity index (χ0v) is 19.5. The molecule has 10 heteroatoms. The summed E-state index contributed by atoms with van der Waals surface area (Å²) in [5, 5.41) is 11.3. The Morgan fingerprint density at radius 2 is 1.61 bits per heavy atom. The Kier molecular flexibility index (Phi) is 6.66. The maximum absolute atomic E-state index is 13.3. The van der Waals surface area contributed by atoms with Crippen LogP contribution in [0.5, 0.6) is 0 Å². The van der Waals surface area contributed by atoms with Gasteiger partial charge in [-0.25, -0.2) is 8.42 Å². The summed E-state index contributed by atoms with van der Waals surface area (Å²) in [6.07, 6.45) is 2.73. The SMILES string of the molecule is Cc1ccc(S(=O)(=O)N2CCCCC2)cc1C(=O)N1CCN(c2ccccc2[N+](=O)[O-])CC1. The van der Waals surface area contributed by atoms with Gasteiger partial charge in [0.1, 0.15) is 5.69 Å². The van der Waals surface area contributed by atoms with Crippen LogP contribution in [0, 0.1) is 17.0 Å². The number of amides is 1. The summed E-state index contributed by atoms with van der Waals surface area (Å²) >= 11 is 0. The number of piperidine rings is 1. The Morgan fingerprint density at radius 1 is 0.939 bits per heavy atom. The minimum absolute atomic E-state index is 0.0451. The standard InChI is InChI=1S/C23H28N4O5S/c1-18-9-10-19(33(31,32)26-11-5-2-6-12-26)17-20(18)23(28)25-15-13-24(14-16-25)21-7-3-4-8-22(21)27(29)30/h3-4,7-10,17H,2,5-6,11-16H2,1H3. The molecule has 2 aliphatic rings. The van der Waals surface area contributed by atoms with Crippen molar-refractivity contribution in [1.82, 2.24) is 9.21 Å². The lowest BCUT2D eigenvalue weighted by Gasteiger charge is -2.36. The van der Waals surface area contributed by atoms with E-state index in [-0.39, 0.29) is 16.5 Å². The van der Waals surface area contributed by atoms with Gasteiger partial charge in [0.15, 0.2) is 0 Å². The molecule has 0 unspecified atom stereocenters. The van der Waals surface area contributed by atoms with Crippen LogP contribution in [-0.2, 0) is 10.0 Å². The fourth-order valence-corrected chi connectivity index (χ4v) is 6.00. The molecule has 4 rings (SSSR count). The highest BCUT2D eigenvalue weighted by atomic mass is 32.2. The van der Waals surface area contributed by atoms with Gasteiger partial charge in [0.25, 0.3) is 11.6 Å². The predicted molar refractivity (Wildman–Crippen MR) is 125 cm³/mol. The Morgan fingerprint density at radius 3 is 2.27 bits per heavy atom. The van der Waals surface area contributed by atoms with Gasteiger partial charge in [-0.3, -0.25) is 14.9 Å². The second-order valence-electron chi connectivity index (χ2n) is 8.47. The molecule has 2 aromatic rings. The average Bonchev–Trinajstić information content (AvgIpc) is 2.84. The molecule has 0 bridgehead atoms. The van der Waals surface area contributed by atoms with Crippen molar-refractivity contribution in [3.8, 4) is 0 Å². The first-order chi connectivity index (χ1) is 15.8. The number of anilines is 1. The number of piperazine rings is 1. The third-order valence-corrected chi connectivity index (χ3v) is 8.27. The summed E-state index contributed by atoms with van der Waals surface area (Å²) in [6.45, 7) is 4.53. The number of hydrogen-bond acceptors (Lipinski definition) is 6. The van der Waals surface area contributed by atoms with Crippen LogP contribution in [0.3, 0.4) is 0 Å². The Bertz CT molecular complexity index is 1150. The van der Waals surface area contributed by atoms with Crippen molar-refractivity contribution in [2.45, 2.75) is 31.1 Å². The lowest BCUT2D eigenvalue weighted by molar-refractivity contribution is -0.384. The first-order valence-electron chi connectivity index (χ1n) is 11.2. The van der Waals surface area contributed by atoms with Gasteiger partial charge in [-0.1, -0.05) is 24.6 Å². The predicted octanol–water partition coefficient (Wildman–Crippen LogP) is 3.04. The number of sulfonamides is 1. The zero-order chi connectivity index (χ0) is 23.6. The van der Waals surface area contributed by atoms with Gasteiger partial charge in [0.05, 0.1) is 9.82 Å². The molecule has 2 saturated heterocycles. The van der Waals surface area contributed by atoms with E-state index in [1.54, 1.807) is 42.2 Å². The lowest BCUT2D eigenvalue weighted by atomic mass is 10.1. The van der Waals surface area contributed by atoms with E-state index in [2.05, 4.69) is 0 Å². The molecule has 0 saturated carbocycles. The average molecular weight is 473 g/mol. The van der Waals surface area contributed by atoms with Crippen LogP contribution in [0.15, 0.2) is 47.4 Å². The van der Waals surface area contributed by atoms with Crippen LogP contribution in [0.1, 0.15) is 35.2 Å². The van der Waals surface area contributed by atoms with Gasteiger partial charge in [-0.15, -0.1) is 0 Å². The number of para-hydroxylation sites is 2. The van der Waals surface area contributed by atoms with Gasteiger partial charge in [-0.05, 0) is 43.5 Å². The highest BCUT2D eigenvalue weighted by Gasteiger charge is 2.30. The minimum Gasteiger partial charge on any atom is -0.362 e. The fraction of sp³-hybridized carbons (Fsp3) is 0.435. The number of aryl methyl sites for hydroxylation is 1. The van der Waals surface area contributed by atoms with Crippen molar-refractivity contribution in [2.24, 2.45) is 0 Å². The van der Waals surface area contributed by atoms with Crippen LogP contribution in [0.4, 0.5) is 11.4 Å². The molecule has 2 aromatic carbocycles. The summed E-state index contributed by atoms with van der Waals surface area (Å²) in [5.41, 5.74) is 1.69. The van der Waals surface area contributed by atoms with Crippen LogP contribution in [0.2, 0.25) is 0 Å². The molecule has 0 spiro atoms. The number of carbonyl (C=O) groups excluding carboxylic acids is 1. The molecule has 0 N–H and O–H groups in total. The number of benzene rings is 2. The Balaban J connectivity index is 1.50. The first-order valence-corrected chi connectivity index (χ1v) is 12.6. The summed E-state index contributed by atoms with van der Waals surface area (Å²) in [4.78, 5) is 28.0. The molecule has 176 valence electrons. The van der Waals surface area contributed by atoms with E-state index in [9.17, 15) is 23.3 Å². The van der Waals surface area contributed by atoms with E-state index >= 15 is 0 Å². The van der Waals surface area contributed by atoms with Gasteiger partial charge < -0.3 is 9.80 Å². The molecule has 0 aromatic heterocycles. The summed E-state index contributed by atoms with van der Waals surface area (Å²) in [6, 6.07) is 11.3. The van der Waals surface area contributed by atoms with E-state index in [0.29, 0.717) is 50.5 Å². The van der Waals surface area contributed by atoms with Crippen LogP contribution >= 0.6 is 0 Å². The summed E-state index contributed by atoms with van der Waals surface area (Å²) in [7, 11) is -3.63. The number of hydrogen-bond donors (Lipinski definition) is 0. The normalized spacial score (nSPS) is 17.7. The number of rotatable bonds is 5.